The van der Waals surface area contributed by atoms with E-state index >= 15 is 8.78 Å². The molecule has 0 bridgehead atoms. The maximum atomic E-state index is 15.2. The van der Waals surface area contributed by atoms with Crippen molar-refractivity contribution in [3.8, 4) is 22.3 Å². The van der Waals surface area contributed by atoms with Crippen molar-refractivity contribution in [1.29, 1.82) is 0 Å². The summed E-state index contributed by atoms with van der Waals surface area (Å²) in [4.78, 5) is 0. The zero-order valence-corrected chi connectivity index (χ0v) is 24.7. The lowest BCUT2D eigenvalue weighted by molar-refractivity contribution is -0.207. The van der Waals surface area contributed by atoms with Crippen LogP contribution in [0.5, 0.6) is 0 Å². The van der Waals surface area contributed by atoms with Gasteiger partial charge in [-0.3, -0.25) is 0 Å². The van der Waals surface area contributed by atoms with Crippen molar-refractivity contribution < 1.29 is 27.0 Å². The summed E-state index contributed by atoms with van der Waals surface area (Å²) in [6.07, 6.45) is 13.3. The van der Waals surface area contributed by atoms with Gasteiger partial charge in [-0.05, 0) is 42.4 Å². The number of rotatable bonds is 14. The van der Waals surface area contributed by atoms with Gasteiger partial charge in [-0.1, -0.05) is 113 Å². The van der Waals surface area contributed by atoms with E-state index in [2.05, 4.69) is 6.92 Å². The Morgan fingerprint density at radius 2 is 1.26 bits per heavy atom. The highest BCUT2D eigenvalue weighted by molar-refractivity contribution is 5.71. The molecule has 0 saturated carbocycles. The summed E-state index contributed by atoms with van der Waals surface area (Å²) in [5, 5.41) is 0. The lowest BCUT2D eigenvalue weighted by Gasteiger charge is -2.30. The summed E-state index contributed by atoms with van der Waals surface area (Å²) in [5.74, 6) is -3.52. The highest BCUT2D eigenvalue weighted by Gasteiger charge is 2.28. The Hall–Kier alpha value is -2.96. The second kappa shape index (κ2) is 16.0. The minimum atomic E-state index is -1.01. The Kier molecular flexibility index (Phi) is 12.2. The van der Waals surface area contributed by atoms with E-state index in [0.717, 1.165) is 19.3 Å². The van der Waals surface area contributed by atoms with Crippen LogP contribution < -0.4 is 0 Å². The third-order valence-electron chi connectivity index (χ3n) is 7.95. The molecule has 0 amide bonds. The Bertz CT molecular complexity index is 1310. The fourth-order valence-electron chi connectivity index (χ4n) is 5.43. The first-order chi connectivity index (χ1) is 20.4. The maximum absolute atomic E-state index is 15.2. The molecule has 0 aromatic heterocycles. The molecule has 0 radical (unpaired) electrons. The number of ether oxygens (including phenoxy) is 2. The van der Waals surface area contributed by atoms with Crippen LogP contribution in [0, 0.1) is 29.2 Å². The van der Waals surface area contributed by atoms with Crippen LogP contribution in [0.25, 0.3) is 22.3 Å². The van der Waals surface area contributed by atoms with Crippen LogP contribution in [-0.2, 0) is 15.9 Å². The van der Waals surface area contributed by atoms with E-state index in [1.807, 2.05) is 19.1 Å². The topological polar surface area (TPSA) is 18.5 Å². The van der Waals surface area contributed by atoms with Gasteiger partial charge < -0.3 is 9.47 Å². The molecule has 1 aliphatic rings. The summed E-state index contributed by atoms with van der Waals surface area (Å²) in [7, 11) is 0. The van der Waals surface area contributed by atoms with Crippen molar-refractivity contribution in [1.82, 2.24) is 0 Å². The first-order valence-electron chi connectivity index (χ1n) is 15.4. The first-order valence-corrected chi connectivity index (χ1v) is 15.4. The molecule has 1 heterocycles. The van der Waals surface area contributed by atoms with Gasteiger partial charge in [-0.2, -0.15) is 0 Å². The number of hydrogen-bond donors (Lipinski definition) is 0. The summed E-state index contributed by atoms with van der Waals surface area (Å²) in [6, 6.07) is 12.5. The fraction of sp³-hybridized carbons (Fsp3) is 0.444. The Morgan fingerprint density at radius 1 is 0.667 bits per heavy atom. The van der Waals surface area contributed by atoms with Gasteiger partial charge in [0.25, 0.3) is 0 Å². The predicted molar refractivity (Wildman–Crippen MR) is 161 cm³/mol. The van der Waals surface area contributed by atoms with Crippen molar-refractivity contribution >= 4 is 0 Å². The number of benzene rings is 3. The predicted octanol–water partition coefficient (Wildman–Crippen LogP) is 10.9. The highest BCUT2D eigenvalue weighted by Crippen LogP contribution is 2.35. The van der Waals surface area contributed by atoms with E-state index in [9.17, 15) is 8.78 Å². The molecule has 3 aromatic carbocycles. The molecule has 1 aliphatic heterocycles. The van der Waals surface area contributed by atoms with Gasteiger partial charge in [0.15, 0.2) is 29.6 Å². The third kappa shape index (κ3) is 8.11. The largest absolute Gasteiger partial charge is 0.348 e. The van der Waals surface area contributed by atoms with Crippen LogP contribution in [-0.4, -0.2) is 13.2 Å². The van der Waals surface area contributed by atoms with Gasteiger partial charge in [-0.25, -0.2) is 17.6 Å². The van der Waals surface area contributed by atoms with Gasteiger partial charge in [-0.15, -0.1) is 0 Å². The fourth-order valence-corrected chi connectivity index (χ4v) is 5.43. The van der Waals surface area contributed by atoms with Crippen molar-refractivity contribution in [2.45, 2.75) is 84.3 Å². The molecular weight excluding hydrogens is 540 g/mol. The summed E-state index contributed by atoms with van der Waals surface area (Å²) in [5.41, 5.74) is 1.42. The van der Waals surface area contributed by atoms with Gasteiger partial charge in [0.1, 0.15) is 0 Å². The van der Waals surface area contributed by atoms with E-state index < -0.39 is 29.6 Å². The van der Waals surface area contributed by atoms with Crippen molar-refractivity contribution in [2.24, 2.45) is 5.92 Å². The van der Waals surface area contributed by atoms with E-state index in [1.54, 1.807) is 36.4 Å². The van der Waals surface area contributed by atoms with Crippen LogP contribution in [0.3, 0.4) is 0 Å². The molecule has 2 nitrogen and oxygen atoms in total. The van der Waals surface area contributed by atoms with Gasteiger partial charge in [0.05, 0.1) is 13.2 Å². The van der Waals surface area contributed by atoms with E-state index in [4.69, 9.17) is 9.47 Å². The lowest BCUT2D eigenvalue weighted by Crippen LogP contribution is -2.27. The molecule has 226 valence electrons. The average molecular weight is 583 g/mol. The molecule has 0 atom stereocenters. The second-order valence-corrected chi connectivity index (χ2v) is 11.1. The average Bonchev–Trinajstić information content (AvgIpc) is 3.01. The number of aryl methyl sites for hydroxylation is 1. The smallest absolute Gasteiger partial charge is 0.186 e. The van der Waals surface area contributed by atoms with Crippen LogP contribution in [0.15, 0.2) is 60.7 Å². The van der Waals surface area contributed by atoms with Crippen molar-refractivity contribution in [2.75, 3.05) is 13.2 Å². The molecule has 42 heavy (non-hydrogen) atoms. The number of unbranched alkanes of at least 4 members (excludes halogenated alkanes) is 5. The van der Waals surface area contributed by atoms with E-state index in [1.165, 1.54) is 44.2 Å². The molecular formula is C36H42F4O2. The quantitative estimate of drug-likeness (QED) is 0.107. The van der Waals surface area contributed by atoms with Crippen LogP contribution in [0.4, 0.5) is 17.6 Å². The second-order valence-electron chi connectivity index (χ2n) is 11.1. The number of hydrogen-bond acceptors (Lipinski definition) is 2. The Labute approximate surface area is 247 Å². The monoisotopic (exact) mass is 582 g/mol. The van der Waals surface area contributed by atoms with Gasteiger partial charge in [0.2, 0.25) is 0 Å². The van der Waals surface area contributed by atoms with Crippen LogP contribution in [0.1, 0.15) is 89.1 Å². The molecule has 3 aromatic rings. The zero-order chi connectivity index (χ0) is 29.9. The summed E-state index contributed by atoms with van der Waals surface area (Å²) < 4.78 is 71.5. The minimum Gasteiger partial charge on any atom is -0.348 e. The first kappa shape index (κ1) is 32.0. The molecule has 0 spiro atoms. The molecule has 0 N–H and O–H groups in total. The molecule has 0 aliphatic carbocycles. The minimum absolute atomic E-state index is 0.0358. The van der Waals surface area contributed by atoms with Crippen molar-refractivity contribution in [3.05, 3.63) is 95.1 Å². The summed E-state index contributed by atoms with van der Waals surface area (Å²) in [6.45, 7) is 5.13. The Morgan fingerprint density at radius 3 is 1.90 bits per heavy atom. The van der Waals surface area contributed by atoms with E-state index in [0.29, 0.717) is 42.7 Å². The molecule has 4 rings (SSSR count). The van der Waals surface area contributed by atoms with E-state index in [-0.39, 0.29) is 22.6 Å². The maximum Gasteiger partial charge on any atom is 0.186 e. The number of halogens is 4. The standard InChI is InChI=1S/C36H42F4O2/c1-3-5-7-9-10-11-13-25-23-41-36(42-24-25)31-22-21-30(34(39)35(31)40)27-17-15-26(16-18-27)29-20-19-28(32(37)33(29)38)14-12-8-6-4-2/h6,8,15-22,25,36H,3-5,7,9-14,23-24H2,1-2H3/b8-6+. The molecule has 1 saturated heterocycles. The SMILES string of the molecule is CC/C=C/CCc1ccc(-c2ccc(-c3ccc(C4OCC(CCCCCCCC)CO4)c(F)c3F)cc2)c(F)c1F. The van der Waals surface area contributed by atoms with Gasteiger partial charge >= 0.3 is 0 Å². The van der Waals surface area contributed by atoms with Gasteiger partial charge in [0, 0.05) is 22.6 Å². The molecule has 1 fully saturated rings. The normalized spacial score (nSPS) is 17.3. The van der Waals surface area contributed by atoms with Crippen LogP contribution >= 0.6 is 0 Å². The molecule has 0 unspecified atom stereocenters. The van der Waals surface area contributed by atoms with Crippen molar-refractivity contribution in [3.63, 3.8) is 0 Å². The molecule has 6 heteroatoms. The summed E-state index contributed by atoms with van der Waals surface area (Å²) >= 11 is 0. The Balaban J connectivity index is 1.38. The third-order valence-corrected chi connectivity index (χ3v) is 7.95. The highest BCUT2D eigenvalue weighted by atomic mass is 19.2. The van der Waals surface area contributed by atoms with Crippen LogP contribution in [0.2, 0.25) is 0 Å². The lowest BCUT2D eigenvalue weighted by atomic mass is 9.97. The zero-order valence-electron chi connectivity index (χ0n) is 24.7. The number of allylic oxidation sites excluding steroid dienone is 2.